The van der Waals surface area contributed by atoms with Crippen molar-refractivity contribution < 1.29 is 4.79 Å². The van der Waals surface area contributed by atoms with Crippen molar-refractivity contribution in [1.29, 1.82) is 0 Å². The zero-order valence-electron chi connectivity index (χ0n) is 16.0. The highest BCUT2D eigenvalue weighted by Crippen LogP contribution is 2.31. The number of carbonyl (C=O) groups excluding carboxylic acids is 1. The molecule has 0 aliphatic carbocycles. The Balaban J connectivity index is 1.75. The van der Waals surface area contributed by atoms with Gasteiger partial charge in [-0.3, -0.25) is 9.36 Å². The van der Waals surface area contributed by atoms with Gasteiger partial charge < -0.3 is 0 Å². The minimum atomic E-state index is -0.157. The van der Waals surface area contributed by atoms with E-state index in [0.717, 1.165) is 28.2 Å². The SMILES string of the molecule is C#Cc1ncn2c1Cc1c(C(=O)c3ccc(C)cc3)nnn1-c1cc(C)ccc1-2. The molecule has 0 amide bonds. The second-order valence-electron chi connectivity index (χ2n) is 7.21. The lowest BCUT2D eigenvalue weighted by atomic mass is 10.0. The standard InChI is InChI=1S/C23H17N5O/c1-4-17-19-12-21-22(23(29)16-8-5-14(2)6-9-16)25-26-28(21)20-11-15(3)7-10-18(20)27(19)13-24-17/h1,5-11,13H,12H2,2-3H3. The average molecular weight is 379 g/mol. The Morgan fingerprint density at radius 2 is 1.79 bits per heavy atom. The predicted octanol–water partition coefficient (Wildman–Crippen LogP) is 3.19. The Labute approximate surface area is 167 Å². The van der Waals surface area contributed by atoms with Crippen LogP contribution in [0.15, 0.2) is 48.8 Å². The molecule has 0 spiro atoms. The minimum absolute atomic E-state index is 0.157. The van der Waals surface area contributed by atoms with E-state index in [1.54, 1.807) is 11.0 Å². The normalized spacial score (nSPS) is 11.8. The monoisotopic (exact) mass is 379 g/mol. The van der Waals surface area contributed by atoms with Crippen molar-refractivity contribution in [3.05, 3.63) is 88.3 Å². The summed E-state index contributed by atoms with van der Waals surface area (Å²) in [5.41, 5.74) is 6.94. The highest BCUT2D eigenvalue weighted by Gasteiger charge is 2.28. The van der Waals surface area contributed by atoms with Crippen LogP contribution in [0.3, 0.4) is 0 Å². The van der Waals surface area contributed by atoms with Gasteiger partial charge in [0.25, 0.3) is 0 Å². The number of hydrogen-bond donors (Lipinski definition) is 0. The molecule has 0 fully saturated rings. The third-order valence-corrected chi connectivity index (χ3v) is 5.25. The van der Waals surface area contributed by atoms with Crippen molar-refractivity contribution in [2.45, 2.75) is 20.3 Å². The number of ketones is 1. The topological polar surface area (TPSA) is 65.6 Å². The number of fused-ring (bicyclic) bond motifs is 5. The molecule has 3 heterocycles. The fourth-order valence-corrected chi connectivity index (χ4v) is 3.71. The van der Waals surface area contributed by atoms with Gasteiger partial charge in [0.1, 0.15) is 12.0 Å². The fourth-order valence-electron chi connectivity index (χ4n) is 3.71. The minimum Gasteiger partial charge on any atom is -0.299 e. The summed E-state index contributed by atoms with van der Waals surface area (Å²) in [6.45, 7) is 4.00. The van der Waals surface area contributed by atoms with Crippen molar-refractivity contribution in [3.63, 3.8) is 0 Å². The molecule has 2 aromatic carbocycles. The Kier molecular flexibility index (Phi) is 3.71. The quantitative estimate of drug-likeness (QED) is 0.349. The summed E-state index contributed by atoms with van der Waals surface area (Å²) in [5.74, 6) is 2.49. The molecule has 1 aliphatic rings. The molecule has 0 bridgehead atoms. The first-order chi connectivity index (χ1) is 14.1. The van der Waals surface area contributed by atoms with E-state index in [4.69, 9.17) is 6.42 Å². The molecule has 0 saturated carbocycles. The number of aryl methyl sites for hydroxylation is 2. The van der Waals surface area contributed by atoms with E-state index in [1.807, 2.05) is 60.9 Å². The molecule has 2 aromatic heterocycles. The van der Waals surface area contributed by atoms with Gasteiger partial charge in [0.2, 0.25) is 5.78 Å². The summed E-state index contributed by atoms with van der Waals surface area (Å²) in [6, 6.07) is 13.5. The van der Waals surface area contributed by atoms with Crippen LogP contribution in [-0.2, 0) is 6.42 Å². The van der Waals surface area contributed by atoms with Gasteiger partial charge in [0, 0.05) is 12.0 Å². The molecular weight excluding hydrogens is 362 g/mol. The largest absolute Gasteiger partial charge is 0.299 e. The molecule has 5 rings (SSSR count). The van der Waals surface area contributed by atoms with Crippen molar-refractivity contribution >= 4 is 5.78 Å². The van der Waals surface area contributed by atoms with Crippen LogP contribution in [0.2, 0.25) is 0 Å². The number of rotatable bonds is 2. The first-order valence-corrected chi connectivity index (χ1v) is 9.27. The van der Waals surface area contributed by atoms with Crippen LogP contribution in [0.4, 0.5) is 0 Å². The lowest BCUT2D eigenvalue weighted by Gasteiger charge is -2.10. The second-order valence-corrected chi connectivity index (χ2v) is 7.21. The number of carbonyl (C=O) groups is 1. The van der Waals surface area contributed by atoms with Crippen LogP contribution in [0.5, 0.6) is 0 Å². The van der Waals surface area contributed by atoms with Crippen molar-refractivity contribution in [2.75, 3.05) is 0 Å². The van der Waals surface area contributed by atoms with Crippen LogP contribution < -0.4 is 0 Å². The molecule has 6 nitrogen and oxygen atoms in total. The van der Waals surface area contributed by atoms with E-state index < -0.39 is 0 Å². The van der Waals surface area contributed by atoms with Gasteiger partial charge >= 0.3 is 0 Å². The van der Waals surface area contributed by atoms with E-state index in [0.29, 0.717) is 29.1 Å². The zero-order chi connectivity index (χ0) is 20.1. The van der Waals surface area contributed by atoms with Crippen LogP contribution in [0, 0.1) is 26.2 Å². The molecular formula is C23H17N5O. The van der Waals surface area contributed by atoms with Gasteiger partial charge in [-0.05, 0) is 37.5 Å². The number of imidazole rings is 1. The maximum atomic E-state index is 13.2. The van der Waals surface area contributed by atoms with Crippen LogP contribution in [0.1, 0.15) is 44.3 Å². The smallest absolute Gasteiger partial charge is 0.215 e. The lowest BCUT2D eigenvalue weighted by molar-refractivity contribution is 0.103. The first-order valence-electron chi connectivity index (χ1n) is 9.27. The summed E-state index contributed by atoms with van der Waals surface area (Å²) in [7, 11) is 0. The Hall–Kier alpha value is -3.98. The van der Waals surface area contributed by atoms with E-state index in [1.165, 1.54) is 0 Å². The number of terminal acetylenes is 1. The zero-order valence-corrected chi connectivity index (χ0v) is 16.0. The van der Waals surface area contributed by atoms with Gasteiger partial charge in [0.15, 0.2) is 5.69 Å². The van der Waals surface area contributed by atoms with Gasteiger partial charge in [-0.2, -0.15) is 0 Å². The maximum Gasteiger partial charge on any atom is 0.215 e. The van der Waals surface area contributed by atoms with Crippen molar-refractivity contribution in [2.24, 2.45) is 0 Å². The van der Waals surface area contributed by atoms with Crippen molar-refractivity contribution in [1.82, 2.24) is 24.5 Å². The first kappa shape index (κ1) is 17.1. The predicted molar refractivity (Wildman–Crippen MR) is 109 cm³/mol. The third kappa shape index (κ3) is 2.59. The number of nitrogens with zero attached hydrogens (tertiary/aromatic N) is 5. The lowest BCUT2D eigenvalue weighted by Crippen LogP contribution is -2.09. The molecule has 1 aliphatic heterocycles. The molecule has 0 N–H and O–H groups in total. The average Bonchev–Trinajstić information content (AvgIpc) is 3.29. The maximum absolute atomic E-state index is 13.2. The highest BCUT2D eigenvalue weighted by molar-refractivity contribution is 6.08. The number of aromatic nitrogens is 5. The Bertz CT molecular complexity index is 1320. The number of benzene rings is 2. The van der Waals surface area contributed by atoms with Gasteiger partial charge in [-0.1, -0.05) is 41.1 Å². The van der Waals surface area contributed by atoms with E-state index in [-0.39, 0.29) is 5.78 Å². The molecule has 0 atom stereocenters. The molecule has 4 aromatic rings. The Morgan fingerprint density at radius 1 is 1.03 bits per heavy atom. The fraction of sp³-hybridized carbons (Fsp3) is 0.130. The van der Waals surface area contributed by atoms with E-state index in [9.17, 15) is 4.79 Å². The summed E-state index contributed by atoms with van der Waals surface area (Å²) < 4.78 is 3.72. The highest BCUT2D eigenvalue weighted by atomic mass is 16.1. The third-order valence-electron chi connectivity index (χ3n) is 5.25. The molecule has 0 unspecified atom stereocenters. The van der Waals surface area contributed by atoms with Crippen LogP contribution in [0.25, 0.3) is 11.4 Å². The number of hydrogen-bond acceptors (Lipinski definition) is 4. The molecule has 140 valence electrons. The summed E-state index contributed by atoms with van der Waals surface area (Å²) in [4.78, 5) is 17.6. The van der Waals surface area contributed by atoms with Crippen molar-refractivity contribution in [3.8, 4) is 23.7 Å². The van der Waals surface area contributed by atoms with Crippen LogP contribution >= 0.6 is 0 Å². The van der Waals surface area contributed by atoms with Gasteiger partial charge in [-0.15, -0.1) is 11.5 Å². The Morgan fingerprint density at radius 3 is 2.55 bits per heavy atom. The second kappa shape index (κ2) is 6.28. The van der Waals surface area contributed by atoms with E-state index in [2.05, 4.69) is 21.2 Å². The summed E-state index contributed by atoms with van der Waals surface area (Å²) in [6.07, 6.45) is 7.81. The van der Waals surface area contributed by atoms with Gasteiger partial charge in [-0.25, -0.2) is 9.67 Å². The summed E-state index contributed by atoms with van der Waals surface area (Å²) in [5, 5.41) is 8.60. The summed E-state index contributed by atoms with van der Waals surface area (Å²) >= 11 is 0. The molecule has 6 heteroatoms. The molecule has 29 heavy (non-hydrogen) atoms. The molecule has 0 saturated heterocycles. The van der Waals surface area contributed by atoms with Crippen LogP contribution in [-0.4, -0.2) is 30.3 Å². The van der Waals surface area contributed by atoms with E-state index >= 15 is 0 Å². The van der Waals surface area contributed by atoms with Gasteiger partial charge in [0.05, 0.1) is 22.8 Å². The molecule has 0 radical (unpaired) electrons.